The van der Waals surface area contributed by atoms with Crippen molar-refractivity contribution in [3.8, 4) is 5.75 Å². The van der Waals surface area contributed by atoms with Crippen molar-refractivity contribution in [3.05, 3.63) is 35.7 Å². The van der Waals surface area contributed by atoms with Gasteiger partial charge in [-0.1, -0.05) is 28.1 Å². The second-order valence-corrected chi connectivity index (χ2v) is 5.12. The molecule has 2 aromatic rings. The summed E-state index contributed by atoms with van der Waals surface area (Å²) in [5, 5.41) is 13.0. The maximum absolute atomic E-state index is 5.16. The van der Waals surface area contributed by atoms with Crippen LogP contribution in [0.25, 0.3) is 0 Å². The van der Waals surface area contributed by atoms with Gasteiger partial charge in [0.1, 0.15) is 5.75 Å². The minimum absolute atomic E-state index is 0.456. The summed E-state index contributed by atoms with van der Waals surface area (Å²) < 4.78 is 5.16. The van der Waals surface area contributed by atoms with Crippen LogP contribution in [0.2, 0.25) is 0 Å². The first-order valence-electron chi connectivity index (χ1n) is 6.13. The fourth-order valence-corrected chi connectivity index (χ4v) is 2.40. The number of halogens is 1. The number of hydrogen-bond acceptors (Lipinski definition) is 4. The van der Waals surface area contributed by atoms with Gasteiger partial charge in [-0.3, -0.25) is 0 Å². The van der Waals surface area contributed by atoms with Crippen LogP contribution < -0.4 is 4.74 Å². The molecule has 0 amide bonds. The summed E-state index contributed by atoms with van der Waals surface area (Å²) in [5.41, 5.74) is 1.29. The Morgan fingerprint density at radius 3 is 2.53 bits per heavy atom. The molecule has 0 aliphatic carbocycles. The maximum atomic E-state index is 5.16. The van der Waals surface area contributed by atoms with E-state index < -0.39 is 0 Å². The van der Waals surface area contributed by atoms with Crippen molar-refractivity contribution in [2.45, 2.75) is 12.8 Å². The summed E-state index contributed by atoms with van der Waals surface area (Å²) in [6, 6.07) is 8.17. The van der Waals surface area contributed by atoms with E-state index >= 15 is 0 Å². The summed E-state index contributed by atoms with van der Waals surface area (Å²) in [7, 11) is 3.46. The van der Waals surface area contributed by atoms with Crippen LogP contribution in [0.5, 0.6) is 5.75 Å². The molecule has 0 saturated heterocycles. The van der Waals surface area contributed by atoms with Crippen molar-refractivity contribution in [3.63, 3.8) is 0 Å². The van der Waals surface area contributed by atoms with Crippen molar-refractivity contribution in [2.24, 2.45) is 13.0 Å². The first-order chi connectivity index (χ1) is 9.21. The number of hydrogen-bond donors (Lipinski definition) is 0. The quantitative estimate of drug-likeness (QED) is 0.763. The number of aromatic nitrogens is 4. The van der Waals surface area contributed by atoms with Crippen LogP contribution in [-0.4, -0.2) is 32.6 Å². The van der Waals surface area contributed by atoms with Crippen LogP contribution in [0.3, 0.4) is 0 Å². The third kappa shape index (κ3) is 4.02. The number of aryl methyl sites for hydroxylation is 1. The Bertz CT molecular complexity index is 512. The summed E-state index contributed by atoms with van der Waals surface area (Å²) >= 11 is 3.56. The van der Waals surface area contributed by atoms with E-state index in [1.807, 2.05) is 12.1 Å². The number of tetrazole rings is 1. The average molecular weight is 325 g/mol. The predicted octanol–water partition coefficient (Wildman–Crippen LogP) is 2.01. The summed E-state index contributed by atoms with van der Waals surface area (Å²) in [4.78, 5) is 1.49. The molecule has 0 radical (unpaired) electrons. The summed E-state index contributed by atoms with van der Waals surface area (Å²) in [5.74, 6) is 2.13. The van der Waals surface area contributed by atoms with Crippen LogP contribution >= 0.6 is 15.9 Å². The van der Waals surface area contributed by atoms with E-state index in [0.717, 1.165) is 29.7 Å². The molecule has 0 spiro atoms. The van der Waals surface area contributed by atoms with Gasteiger partial charge in [-0.25, -0.2) is 0 Å². The highest BCUT2D eigenvalue weighted by molar-refractivity contribution is 9.09. The number of alkyl halides is 1. The van der Waals surface area contributed by atoms with E-state index in [-0.39, 0.29) is 0 Å². The molecule has 0 bridgehead atoms. The molecule has 0 fully saturated rings. The molecular weight excluding hydrogens is 308 g/mol. The summed E-state index contributed by atoms with van der Waals surface area (Å²) in [6.45, 7) is 0. The number of ether oxygens (including phenoxy) is 1. The van der Waals surface area contributed by atoms with Crippen molar-refractivity contribution < 1.29 is 4.74 Å². The lowest BCUT2D eigenvalue weighted by Gasteiger charge is -2.12. The Morgan fingerprint density at radius 1 is 1.26 bits per heavy atom. The standard InChI is InChI=1S/C13H17BrN4O/c1-18-16-13(15-17-18)8-11(9-14)7-10-3-5-12(19-2)6-4-10/h3-6,11H,7-9H2,1-2H3. The predicted molar refractivity (Wildman–Crippen MR) is 76.5 cm³/mol. The van der Waals surface area contributed by atoms with Crippen molar-refractivity contribution in [1.82, 2.24) is 20.2 Å². The number of nitrogens with zero attached hydrogens (tertiary/aromatic N) is 4. The third-order valence-corrected chi connectivity index (χ3v) is 3.84. The smallest absolute Gasteiger partial charge is 0.175 e. The van der Waals surface area contributed by atoms with E-state index in [4.69, 9.17) is 4.74 Å². The molecule has 0 aliphatic heterocycles. The van der Waals surface area contributed by atoms with Gasteiger partial charge in [0.2, 0.25) is 0 Å². The normalized spacial score (nSPS) is 12.4. The van der Waals surface area contributed by atoms with Crippen LogP contribution in [0.4, 0.5) is 0 Å². The van der Waals surface area contributed by atoms with E-state index in [2.05, 4.69) is 43.5 Å². The molecular formula is C13H17BrN4O. The Kier molecular flexibility index (Phi) is 4.90. The molecule has 5 nitrogen and oxygen atoms in total. The fraction of sp³-hybridized carbons (Fsp3) is 0.462. The van der Waals surface area contributed by atoms with Gasteiger partial charge in [0.05, 0.1) is 14.2 Å². The van der Waals surface area contributed by atoms with Gasteiger partial charge >= 0.3 is 0 Å². The molecule has 1 aromatic heterocycles. The lowest BCUT2D eigenvalue weighted by molar-refractivity contribution is 0.414. The zero-order valence-electron chi connectivity index (χ0n) is 11.1. The van der Waals surface area contributed by atoms with Gasteiger partial charge in [0.25, 0.3) is 0 Å². The van der Waals surface area contributed by atoms with Gasteiger partial charge in [-0.15, -0.1) is 10.2 Å². The zero-order valence-corrected chi connectivity index (χ0v) is 12.7. The molecule has 1 atom stereocenters. The Morgan fingerprint density at radius 2 is 2.00 bits per heavy atom. The van der Waals surface area contributed by atoms with Gasteiger partial charge in [0, 0.05) is 11.8 Å². The first kappa shape index (κ1) is 14.0. The molecule has 0 saturated carbocycles. The highest BCUT2D eigenvalue weighted by atomic mass is 79.9. The van der Waals surface area contributed by atoms with E-state index in [1.54, 1.807) is 14.2 Å². The number of benzene rings is 1. The second kappa shape index (κ2) is 6.65. The molecule has 102 valence electrons. The average Bonchev–Trinajstić information content (AvgIpc) is 2.84. The molecule has 0 aliphatic rings. The highest BCUT2D eigenvalue weighted by Gasteiger charge is 2.13. The monoisotopic (exact) mass is 324 g/mol. The van der Waals surface area contributed by atoms with E-state index in [1.165, 1.54) is 10.4 Å². The topological polar surface area (TPSA) is 52.8 Å². The zero-order chi connectivity index (χ0) is 13.7. The van der Waals surface area contributed by atoms with Gasteiger partial charge in [0.15, 0.2) is 5.82 Å². The second-order valence-electron chi connectivity index (χ2n) is 4.47. The lowest BCUT2D eigenvalue weighted by atomic mass is 9.98. The van der Waals surface area contributed by atoms with Crippen LogP contribution in [-0.2, 0) is 19.9 Å². The van der Waals surface area contributed by atoms with Crippen molar-refractivity contribution in [2.75, 3.05) is 12.4 Å². The SMILES string of the molecule is COc1ccc(CC(CBr)Cc2nnn(C)n2)cc1. The number of rotatable bonds is 6. The third-order valence-electron chi connectivity index (χ3n) is 2.92. The molecule has 0 N–H and O–H groups in total. The van der Waals surface area contributed by atoms with Crippen LogP contribution in [0.15, 0.2) is 24.3 Å². The summed E-state index contributed by atoms with van der Waals surface area (Å²) in [6.07, 6.45) is 1.80. The Hall–Kier alpha value is -1.43. The van der Waals surface area contributed by atoms with Crippen molar-refractivity contribution >= 4 is 15.9 Å². The highest BCUT2D eigenvalue weighted by Crippen LogP contribution is 2.17. The van der Waals surface area contributed by atoms with Crippen LogP contribution in [0.1, 0.15) is 11.4 Å². The van der Waals surface area contributed by atoms with Gasteiger partial charge in [-0.2, -0.15) is 4.80 Å². The minimum Gasteiger partial charge on any atom is -0.497 e. The van der Waals surface area contributed by atoms with E-state index in [0.29, 0.717) is 5.92 Å². The number of methoxy groups -OCH3 is 1. The van der Waals surface area contributed by atoms with Crippen molar-refractivity contribution in [1.29, 1.82) is 0 Å². The Balaban J connectivity index is 1.97. The first-order valence-corrected chi connectivity index (χ1v) is 7.25. The maximum Gasteiger partial charge on any atom is 0.175 e. The molecule has 19 heavy (non-hydrogen) atoms. The lowest BCUT2D eigenvalue weighted by Crippen LogP contribution is -2.11. The molecule has 6 heteroatoms. The molecule has 1 unspecified atom stereocenters. The molecule has 1 heterocycles. The molecule has 2 rings (SSSR count). The molecule has 1 aromatic carbocycles. The van der Waals surface area contributed by atoms with E-state index in [9.17, 15) is 0 Å². The largest absolute Gasteiger partial charge is 0.497 e. The van der Waals surface area contributed by atoms with Crippen LogP contribution in [0, 0.1) is 5.92 Å². The Labute approximate surface area is 121 Å². The fourth-order valence-electron chi connectivity index (χ4n) is 1.94. The van der Waals surface area contributed by atoms with Gasteiger partial charge in [-0.05, 0) is 35.2 Å². The van der Waals surface area contributed by atoms with Gasteiger partial charge < -0.3 is 4.74 Å². The minimum atomic E-state index is 0.456.